The van der Waals surface area contributed by atoms with Crippen molar-refractivity contribution < 1.29 is 18.7 Å². The number of halogens is 2. The average Bonchev–Trinajstić information content (AvgIpc) is 2.63. The normalized spacial score (nSPS) is 10.4. The van der Waals surface area contributed by atoms with Crippen molar-refractivity contribution in [1.29, 1.82) is 0 Å². The number of esters is 1. The molecule has 0 spiro atoms. The number of hydrogen-bond donors (Lipinski definition) is 1. The minimum Gasteiger partial charge on any atom is -0.466 e. The number of benzene rings is 2. The first kappa shape index (κ1) is 19.9. The van der Waals surface area contributed by atoms with E-state index in [1.54, 1.807) is 0 Å². The Morgan fingerprint density at radius 3 is 2.54 bits per heavy atom. The van der Waals surface area contributed by atoms with E-state index in [4.69, 9.17) is 16.3 Å². The highest BCUT2D eigenvalue weighted by atomic mass is 35.5. The van der Waals surface area contributed by atoms with Gasteiger partial charge >= 0.3 is 5.97 Å². The van der Waals surface area contributed by atoms with Crippen LogP contribution in [0.4, 0.5) is 10.1 Å². The third-order valence-electron chi connectivity index (χ3n) is 3.70. The molecule has 0 saturated heterocycles. The molecule has 0 aliphatic heterocycles. The molecule has 0 aromatic heterocycles. The molecule has 138 valence electrons. The summed E-state index contributed by atoms with van der Waals surface area (Å²) in [5, 5.41) is 2.56. The lowest BCUT2D eigenvalue weighted by Crippen LogP contribution is -2.13. The molecular formula is C20H21ClFNO3. The lowest BCUT2D eigenvalue weighted by molar-refractivity contribution is -0.143. The van der Waals surface area contributed by atoms with Crippen LogP contribution in [0.25, 0.3) is 0 Å². The second-order valence-electron chi connectivity index (χ2n) is 5.84. The Morgan fingerprint density at radius 1 is 1.04 bits per heavy atom. The van der Waals surface area contributed by atoms with Crippen molar-refractivity contribution >= 4 is 29.2 Å². The predicted molar refractivity (Wildman–Crippen MR) is 99.6 cm³/mol. The predicted octanol–water partition coefficient (Wildman–Crippen LogP) is 4.76. The van der Waals surface area contributed by atoms with Crippen molar-refractivity contribution in [3.63, 3.8) is 0 Å². The van der Waals surface area contributed by atoms with Crippen molar-refractivity contribution in [2.45, 2.75) is 32.1 Å². The van der Waals surface area contributed by atoms with Crippen molar-refractivity contribution in [3.8, 4) is 0 Å². The summed E-state index contributed by atoms with van der Waals surface area (Å²) < 4.78 is 18.2. The van der Waals surface area contributed by atoms with Crippen LogP contribution in [0.1, 0.15) is 31.2 Å². The molecule has 2 aromatic carbocycles. The molecule has 6 heteroatoms. The number of carbonyl (C=O) groups excluding carboxylic acids is 2. The highest BCUT2D eigenvalue weighted by Crippen LogP contribution is 2.19. The number of amides is 1. The zero-order valence-corrected chi connectivity index (χ0v) is 15.1. The van der Waals surface area contributed by atoms with Crippen molar-refractivity contribution in [2.24, 2.45) is 0 Å². The van der Waals surface area contributed by atoms with Gasteiger partial charge in [-0.05, 0) is 43.0 Å². The van der Waals surface area contributed by atoms with Crippen LogP contribution in [0.5, 0.6) is 0 Å². The maximum atomic E-state index is 13.1. The van der Waals surface area contributed by atoms with Crippen LogP contribution in [0, 0.1) is 5.82 Å². The van der Waals surface area contributed by atoms with Crippen molar-refractivity contribution in [3.05, 3.63) is 64.9 Å². The Kier molecular flexibility index (Phi) is 8.09. The molecule has 1 amide bonds. The Labute approximate surface area is 157 Å². The minimum atomic E-state index is -0.542. The van der Waals surface area contributed by atoms with Crippen molar-refractivity contribution in [1.82, 2.24) is 0 Å². The summed E-state index contributed by atoms with van der Waals surface area (Å²) >= 11 is 5.66. The lowest BCUT2D eigenvalue weighted by Gasteiger charge is -2.07. The fraction of sp³-hybridized carbons (Fsp3) is 0.300. The fourth-order valence-corrected chi connectivity index (χ4v) is 2.55. The second-order valence-corrected chi connectivity index (χ2v) is 6.25. The number of rotatable bonds is 9. The number of hydrogen-bond acceptors (Lipinski definition) is 3. The molecule has 0 unspecified atom stereocenters. The molecule has 0 atom stereocenters. The lowest BCUT2D eigenvalue weighted by atomic mass is 10.1. The molecule has 4 nitrogen and oxygen atoms in total. The Morgan fingerprint density at radius 2 is 1.81 bits per heavy atom. The first-order chi connectivity index (χ1) is 12.5. The highest BCUT2D eigenvalue weighted by molar-refractivity contribution is 6.31. The molecule has 0 heterocycles. The van der Waals surface area contributed by atoms with Crippen LogP contribution in [-0.4, -0.2) is 18.5 Å². The SMILES string of the molecule is O=C(CCCC(=O)OCCCc1ccccc1)Nc1ccc(F)c(Cl)c1. The van der Waals surface area contributed by atoms with Gasteiger partial charge in [-0.2, -0.15) is 0 Å². The Bertz CT molecular complexity index is 737. The summed E-state index contributed by atoms with van der Waals surface area (Å²) in [6.07, 6.45) is 2.37. The molecule has 0 aliphatic carbocycles. The van der Waals surface area contributed by atoms with Crippen LogP contribution >= 0.6 is 11.6 Å². The molecule has 2 aromatic rings. The van der Waals surface area contributed by atoms with E-state index in [-0.39, 0.29) is 29.7 Å². The third-order valence-corrected chi connectivity index (χ3v) is 3.99. The standard InChI is InChI=1S/C20H21ClFNO3/c21-17-14-16(11-12-18(17)22)23-19(24)9-4-10-20(25)26-13-5-8-15-6-2-1-3-7-15/h1-3,6-7,11-12,14H,4-5,8-10,13H2,(H,23,24). The summed E-state index contributed by atoms with van der Waals surface area (Å²) in [6.45, 7) is 0.369. The molecule has 0 aliphatic rings. The van der Waals surface area contributed by atoms with E-state index in [0.29, 0.717) is 18.7 Å². The van der Waals surface area contributed by atoms with Crippen LogP contribution in [0.15, 0.2) is 48.5 Å². The smallest absolute Gasteiger partial charge is 0.305 e. The topological polar surface area (TPSA) is 55.4 Å². The van der Waals surface area contributed by atoms with Gasteiger partial charge < -0.3 is 10.1 Å². The second kappa shape index (κ2) is 10.6. The fourth-order valence-electron chi connectivity index (χ4n) is 2.37. The molecule has 1 N–H and O–H groups in total. The van der Waals surface area contributed by atoms with Crippen LogP contribution in [-0.2, 0) is 20.7 Å². The molecular weight excluding hydrogens is 357 g/mol. The minimum absolute atomic E-state index is 0.0538. The van der Waals surface area contributed by atoms with Gasteiger partial charge in [0.2, 0.25) is 5.91 Å². The average molecular weight is 378 g/mol. The van der Waals surface area contributed by atoms with E-state index >= 15 is 0 Å². The number of anilines is 1. The highest BCUT2D eigenvalue weighted by Gasteiger charge is 2.08. The quantitative estimate of drug-likeness (QED) is 0.506. The van der Waals surface area contributed by atoms with Gasteiger partial charge in [0, 0.05) is 18.5 Å². The van der Waals surface area contributed by atoms with Gasteiger partial charge in [-0.15, -0.1) is 0 Å². The zero-order valence-electron chi connectivity index (χ0n) is 14.3. The molecule has 0 saturated carbocycles. The van der Waals surface area contributed by atoms with E-state index < -0.39 is 5.82 Å². The zero-order chi connectivity index (χ0) is 18.8. The van der Waals surface area contributed by atoms with E-state index in [1.165, 1.54) is 23.8 Å². The Hall–Kier alpha value is -2.40. The maximum Gasteiger partial charge on any atom is 0.305 e. The monoisotopic (exact) mass is 377 g/mol. The van der Waals surface area contributed by atoms with Gasteiger partial charge in [0.25, 0.3) is 0 Å². The number of nitrogens with one attached hydrogen (secondary N) is 1. The van der Waals surface area contributed by atoms with E-state index in [0.717, 1.165) is 12.8 Å². The number of ether oxygens (including phenoxy) is 1. The van der Waals surface area contributed by atoms with Gasteiger partial charge in [-0.25, -0.2) is 4.39 Å². The maximum absolute atomic E-state index is 13.1. The molecule has 0 fully saturated rings. The number of carbonyl (C=O) groups is 2. The van der Waals surface area contributed by atoms with E-state index in [2.05, 4.69) is 5.32 Å². The van der Waals surface area contributed by atoms with Gasteiger partial charge in [0.15, 0.2) is 0 Å². The first-order valence-corrected chi connectivity index (χ1v) is 8.87. The van der Waals surface area contributed by atoms with Gasteiger partial charge in [0.05, 0.1) is 11.6 Å². The van der Waals surface area contributed by atoms with Crippen LogP contribution < -0.4 is 5.32 Å². The summed E-state index contributed by atoms with van der Waals surface area (Å²) in [4.78, 5) is 23.5. The van der Waals surface area contributed by atoms with Gasteiger partial charge in [0.1, 0.15) is 5.82 Å². The summed E-state index contributed by atoms with van der Waals surface area (Å²) in [6, 6.07) is 14.0. The van der Waals surface area contributed by atoms with E-state index in [1.807, 2.05) is 30.3 Å². The van der Waals surface area contributed by atoms with Crippen LogP contribution in [0.3, 0.4) is 0 Å². The molecule has 0 bridgehead atoms. The summed E-state index contributed by atoms with van der Waals surface area (Å²) in [5.74, 6) is -1.11. The van der Waals surface area contributed by atoms with Crippen LogP contribution in [0.2, 0.25) is 5.02 Å². The Balaban J connectivity index is 1.57. The van der Waals surface area contributed by atoms with Gasteiger partial charge in [-0.1, -0.05) is 41.9 Å². The summed E-state index contributed by atoms with van der Waals surface area (Å²) in [5.41, 5.74) is 1.63. The van der Waals surface area contributed by atoms with E-state index in [9.17, 15) is 14.0 Å². The molecule has 0 radical (unpaired) electrons. The first-order valence-electron chi connectivity index (χ1n) is 8.49. The van der Waals surface area contributed by atoms with Crippen molar-refractivity contribution in [2.75, 3.05) is 11.9 Å². The summed E-state index contributed by atoms with van der Waals surface area (Å²) in [7, 11) is 0. The third kappa shape index (κ3) is 7.23. The van der Waals surface area contributed by atoms with Gasteiger partial charge in [-0.3, -0.25) is 9.59 Å². The molecule has 26 heavy (non-hydrogen) atoms. The largest absolute Gasteiger partial charge is 0.466 e. The number of aryl methyl sites for hydroxylation is 1. The molecule has 2 rings (SSSR count).